The van der Waals surface area contributed by atoms with Crippen molar-refractivity contribution in [2.24, 2.45) is 5.41 Å². The molecule has 2 aliphatic rings. The smallest absolute Gasteiger partial charge is 0.148 e. The molecule has 0 bridgehead atoms. The van der Waals surface area contributed by atoms with Gasteiger partial charge in [-0.3, -0.25) is 0 Å². The summed E-state index contributed by atoms with van der Waals surface area (Å²) in [4.78, 5) is 0. The summed E-state index contributed by atoms with van der Waals surface area (Å²) >= 11 is 0. The van der Waals surface area contributed by atoms with Crippen LogP contribution in [-0.2, 0) is 23.0 Å². The zero-order valence-electron chi connectivity index (χ0n) is 14.2. The summed E-state index contributed by atoms with van der Waals surface area (Å²) in [6, 6.07) is 10.7. The van der Waals surface area contributed by atoms with Crippen molar-refractivity contribution in [1.29, 1.82) is 0 Å². The molecule has 0 saturated carbocycles. The van der Waals surface area contributed by atoms with Gasteiger partial charge in [0.15, 0.2) is 0 Å². The molecule has 1 aliphatic carbocycles. The van der Waals surface area contributed by atoms with Gasteiger partial charge < -0.3 is 9.26 Å². The maximum absolute atomic E-state index is 6.65. The van der Waals surface area contributed by atoms with Crippen LogP contribution in [0.25, 0.3) is 0 Å². The monoisotopic (exact) mass is 311 g/mol. The molecule has 2 aromatic rings. The molecule has 1 aromatic heterocycles. The Morgan fingerprint density at radius 2 is 1.96 bits per heavy atom. The van der Waals surface area contributed by atoms with E-state index in [9.17, 15) is 0 Å². The van der Waals surface area contributed by atoms with Crippen molar-refractivity contribution in [3.05, 3.63) is 53.4 Å². The third-order valence-electron chi connectivity index (χ3n) is 5.78. The van der Waals surface area contributed by atoms with Crippen LogP contribution in [0, 0.1) is 5.41 Å². The lowest BCUT2D eigenvalue weighted by molar-refractivity contribution is -0.161. The Morgan fingerprint density at radius 3 is 2.74 bits per heavy atom. The van der Waals surface area contributed by atoms with Gasteiger partial charge in [-0.25, -0.2) is 0 Å². The highest BCUT2D eigenvalue weighted by Gasteiger charge is 2.54. The molecular weight excluding hydrogens is 286 g/mol. The molecule has 1 fully saturated rings. The Hall–Kier alpha value is -1.61. The minimum atomic E-state index is -0.131. The van der Waals surface area contributed by atoms with E-state index in [4.69, 9.17) is 9.26 Å². The fourth-order valence-electron chi connectivity index (χ4n) is 4.77. The summed E-state index contributed by atoms with van der Waals surface area (Å²) in [5.74, 6) is 1.01. The molecule has 1 saturated heterocycles. The van der Waals surface area contributed by atoms with Crippen LogP contribution in [0.5, 0.6) is 0 Å². The quantitative estimate of drug-likeness (QED) is 0.829. The van der Waals surface area contributed by atoms with Gasteiger partial charge in [0.05, 0.1) is 23.8 Å². The highest BCUT2D eigenvalue weighted by Crippen LogP contribution is 2.52. The van der Waals surface area contributed by atoms with Crippen LogP contribution in [0.4, 0.5) is 0 Å². The second-order valence-electron chi connectivity index (χ2n) is 8.10. The van der Waals surface area contributed by atoms with Crippen molar-refractivity contribution in [2.45, 2.75) is 64.1 Å². The molecule has 4 rings (SSSR count). The number of hydrogen-bond acceptors (Lipinski definition) is 3. The van der Waals surface area contributed by atoms with Crippen LogP contribution in [0.15, 0.2) is 41.1 Å². The fourth-order valence-corrected chi connectivity index (χ4v) is 4.77. The predicted octanol–water partition coefficient (Wildman–Crippen LogP) is 4.30. The number of fused-ring (bicyclic) bond motifs is 2. The molecular formula is C20H25NO2. The zero-order valence-corrected chi connectivity index (χ0v) is 14.2. The maximum Gasteiger partial charge on any atom is 0.148 e. The average Bonchev–Trinajstić information content (AvgIpc) is 2.98. The number of rotatable bonds is 2. The minimum absolute atomic E-state index is 0.131. The fraction of sp³-hybridized carbons (Fsp3) is 0.550. The molecule has 0 N–H and O–H groups in total. The van der Waals surface area contributed by atoms with Crippen molar-refractivity contribution < 1.29 is 9.26 Å². The van der Waals surface area contributed by atoms with E-state index in [-0.39, 0.29) is 16.9 Å². The predicted molar refractivity (Wildman–Crippen MR) is 89.4 cm³/mol. The van der Waals surface area contributed by atoms with Gasteiger partial charge in [-0.05, 0) is 36.7 Å². The van der Waals surface area contributed by atoms with E-state index in [2.05, 4.69) is 56.3 Å². The van der Waals surface area contributed by atoms with Crippen LogP contribution < -0.4 is 0 Å². The summed E-state index contributed by atoms with van der Waals surface area (Å²) in [7, 11) is 0. The second-order valence-corrected chi connectivity index (χ2v) is 8.10. The molecule has 1 aliphatic heterocycles. The van der Waals surface area contributed by atoms with Gasteiger partial charge in [0.2, 0.25) is 0 Å². The standard InChI is InChI=1S/C20H25NO2/c1-19(2)17-15(13-21-23-17)12-20(3)10-9-16(22-18(19)20)11-14-7-5-4-6-8-14/h4-8,13,16,18H,9-12H2,1-3H3/t16-,18-,20-/m0/s1. The summed E-state index contributed by atoms with van der Waals surface area (Å²) in [6.45, 7) is 6.85. The van der Waals surface area contributed by atoms with E-state index in [1.807, 2.05) is 6.20 Å². The van der Waals surface area contributed by atoms with Gasteiger partial charge in [0.1, 0.15) is 5.76 Å². The molecule has 3 nitrogen and oxygen atoms in total. The van der Waals surface area contributed by atoms with Crippen molar-refractivity contribution in [3.8, 4) is 0 Å². The SMILES string of the molecule is CC1(C)c2oncc2C[C@]2(C)CC[C@@H](Cc3ccccc3)O[C@@H]12. The van der Waals surface area contributed by atoms with Gasteiger partial charge in [0, 0.05) is 5.56 Å². The van der Waals surface area contributed by atoms with E-state index < -0.39 is 0 Å². The highest BCUT2D eigenvalue weighted by atomic mass is 16.5. The molecule has 3 heteroatoms. The van der Waals surface area contributed by atoms with Crippen LogP contribution in [0.1, 0.15) is 50.5 Å². The van der Waals surface area contributed by atoms with Gasteiger partial charge in [-0.1, -0.05) is 56.3 Å². The Morgan fingerprint density at radius 1 is 1.17 bits per heavy atom. The first-order valence-corrected chi connectivity index (χ1v) is 8.62. The third kappa shape index (κ3) is 2.42. The molecule has 1 aromatic carbocycles. The highest BCUT2D eigenvalue weighted by molar-refractivity contribution is 5.31. The number of hydrogen-bond donors (Lipinski definition) is 0. The summed E-state index contributed by atoms with van der Waals surface area (Å²) in [5.41, 5.74) is 2.66. The van der Waals surface area contributed by atoms with Gasteiger partial charge in [-0.15, -0.1) is 0 Å². The van der Waals surface area contributed by atoms with Crippen LogP contribution in [0.2, 0.25) is 0 Å². The Bertz CT molecular complexity index is 691. The number of nitrogens with zero attached hydrogens (tertiary/aromatic N) is 1. The summed E-state index contributed by atoms with van der Waals surface area (Å²) < 4.78 is 12.2. The molecule has 3 atom stereocenters. The van der Waals surface area contributed by atoms with E-state index in [0.29, 0.717) is 6.10 Å². The van der Waals surface area contributed by atoms with Crippen molar-refractivity contribution in [3.63, 3.8) is 0 Å². The molecule has 2 heterocycles. The first kappa shape index (κ1) is 14.9. The lowest BCUT2D eigenvalue weighted by Crippen LogP contribution is -2.56. The molecule has 0 amide bonds. The summed E-state index contributed by atoms with van der Waals surface area (Å²) in [6.07, 6.45) is 6.69. The maximum atomic E-state index is 6.65. The van der Waals surface area contributed by atoms with Crippen molar-refractivity contribution in [1.82, 2.24) is 5.16 Å². The van der Waals surface area contributed by atoms with Crippen molar-refractivity contribution >= 4 is 0 Å². The van der Waals surface area contributed by atoms with E-state index in [1.54, 1.807) is 0 Å². The minimum Gasteiger partial charge on any atom is -0.373 e. The zero-order chi connectivity index (χ0) is 16.1. The molecule has 0 unspecified atom stereocenters. The number of benzene rings is 1. The normalized spacial score (nSPS) is 32.1. The third-order valence-corrected chi connectivity index (χ3v) is 5.78. The first-order chi connectivity index (χ1) is 11.0. The van der Waals surface area contributed by atoms with E-state index in [1.165, 1.54) is 17.5 Å². The topological polar surface area (TPSA) is 35.3 Å². The number of ether oxygens (including phenoxy) is 1. The van der Waals surface area contributed by atoms with E-state index in [0.717, 1.165) is 25.0 Å². The van der Waals surface area contributed by atoms with Crippen LogP contribution in [-0.4, -0.2) is 17.4 Å². The van der Waals surface area contributed by atoms with Crippen LogP contribution in [0.3, 0.4) is 0 Å². The van der Waals surface area contributed by atoms with Gasteiger partial charge in [-0.2, -0.15) is 0 Å². The largest absolute Gasteiger partial charge is 0.373 e. The molecule has 23 heavy (non-hydrogen) atoms. The van der Waals surface area contributed by atoms with Gasteiger partial charge in [0.25, 0.3) is 0 Å². The first-order valence-electron chi connectivity index (χ1n) is 8.62. The Labute approximate surface area is 138 Å². The molecule has 122 valence electrons. The molecule has 0 radical (unpaired) electrons. The lowest BCUT2D eigenvalue weighted by Gasteiger charge is -2.53. The Balaban J connectivity index is 1.60. The second kappa shape index (κ2) is 5.20. The summed E-state index contributed by atoms with van der Waals surface area (Å²) in [5, 5.41) is 4.04. The van der Waals surface area contributed by atoms with Crippen molar-refractivity contribution in [2.75, 3.05) is 0 Å². The van der Waals surface area contributed by atoms with Crippen LogP contribution >= 0.6 is 0 Å². The number of aromatic nitrogens is 1. The Kier molecular flexibility index (Phi) is 3.38. The average molecular weight is 311 g/mol. The van der Waals surface area contributed by atoms with Gasteiger partial charge >= 0.3 is 0 Å². The lowest BCUT2D eigenvalue weighted by atomic mass is 9.59. The van der Waals surface area contributed by atoms with E-state index >= 15 is 0 Å². The molecule has 0 spiro atoms.